The molecule has 3 N–H and O–H groups in total. The number of ether oxygens (including phenoxy) is 1. The number of rotatable bonds is 9. The van der Waals surface area contributed by atoms with E-state index in [0.29, 0.717) is 5.41 Å². The molecule has 1 fully saturated rings. The van der Waals surface area contributed by atoms with E-state index >= 15 is 0 Å². The highest BCUT2D eigenvalue weighted by Gasteiger charge is 2.41. The summed E-state index contributed by atoms with van der Waals surface area (Å²) in [6.07, 6.45) is 4.78. The molecule has 1 aromatic rings. The Morgan fingerprint density at radius 2 is 2.05 bits per heavy atom. The first-order chi connectivity index (χ1) is 9.24. The molecule has 0 amide bonds. The zero-order valence-corrected chi connectivity index (χ0v) is 11.9. The third kappa shape index (κ3) is 4.94. The first-order valence-corrected chi connectivity index (χ1v) is 7.23. The summed E-state index contributed by atoms with van der Waals surface area (Å²) >= 11 is 0. The molecule has 0 heterocycles. The normalized spacial score (nSPS) is 18.2. The van der Waals surface area contributed by atoms with Crippen molar-refractivity contribution in [2.24, 2.45) is 11.1 Å². The Balaban J connectivity index is 1.63. The van der Waals surface area contributed by atoms with Crippen molar-refractivity contribution in [3.05, 3.63) is 35.9 Å². The van der Waals surface area contributed by atoms with Crippen LogP contribution in [0.15, 0.2) is 30.3 Å². The van der Waals surface area contributed by atoms with E-state index in [2.05, 4.69) is 29.6 Å². The lowest BCUT2D eigenvalue weighted by molar-refractivity contribution is 0.171. The van der Waals surface area contributed by atoms with Gasteiger partial charge in [0.25, 0.3) is 0 Å². The molecule has 106 valence electrons. The van der Waals surface area contributed by atoms with Crippen LogP contribution in [-0.2, 0) is 11.2 Å². The molecule has 1 aliphatic rings. The molecular formula is C16H26N2O. The molecule has 1 atom stereocenters. The largest absolute Gasteiger partial charge is 0.385 e. The zero-order valence-electron chi connectivity index (χ0n) is 11.9. The average Bonchev–Trinajstić information content (AvgIpc) is 3.18. The lowest BCUT2D eigenvalue weighted by atomic mass is 10.0. The molecule has 0 aromatic heterocycles. The Bertz CT molecular complexity index is 362. The molecule has 1 aliphatic carbocycles. The van der Waals surface area contributed by atoms with Crippen LogP contribution in [0.3, 0.4) is 0 Å². The topological polar surface area (TPSA) is 47.3 Å². The maximum atomic E-state index is 6.17. The van der Waals surface area contributed by atoms with Gasteiger partial charge in [-0.25, -0.2) is 0 Å². The third-order valence-electron chi connectivity index (χ3n) is 4.04. The van der Waals surface area contributed by atoms with Crippen LogP contribution in [0.4, 0.5) is 0 Å². The van der Waals surface area contributed by atoms with Gasteiger partial charge in [-0.3, -0.25) is 0 Å². The van der Waals surface area contributed by atoms with Gasteiger partial charge in [0.1, 0.15) is 0 Å². The molecule has 2 rings (SSSR count). The van der Waals surface area contributed by atoms with Crippen molar-refractivity contribution in [1.29, 1.82) is 0 Å². The Morgan fingerprint density at radius 1 is 1.32 bits per heavy atom. The Hall–Kier alpha value is -0.900. The molecule has 0 aliphatic heterocycles. The second kappa shape index (κ2) is 7.04. The van der Waals surface area contributed by atoms with Gasteiger partial charge in [0.15, 0.2) is 0 Å². The van der Waals surface area contributed by atoms with Crippen LogP contribution >= 0.6 is 0 Å². The number of hydrogen-bond donors (Lipinski definition) is 2. The maximum absolute atomic E-state index is 6.17. The highest BCUT2D eigenvalue weighted by Crippen LogP contribution is 2.48. The van der Waals surface area contributed by atoms with Crippen LogP contribution in [0.2, 0.25) is 0 Å². The summed E-state index contributed by atoms with van der Waals surface area (Å²) in [5.41, 5.74) is 7.99. The first kappa shape index (κ1) is 14.5. The fourth-order valence-electron chi connectivity index (χ4n) is 2.52. The molecular weight excluding hydrogens is 236 g/mol. The molecule has 1 unspecified atom stereocenters. The van der Waals surface area contributed by atoms with Crippen molar-refractivity contribution in [2.75, 3.05) is 26.8 Å². The SMILES string of the molecule is COCCC1(CNCC(N)Cc2ccccc2)CC1. The highest BCUT2D eigenvalue weighted by atomic mass is 16.5. The van der Waals surface area contributed by atoms with Crippen molar-refractivity contribution in [3.8, 4) is 0 Å². The first-order valence-electron chi connectivity index (χ1n) is 7.23. The number of methoxy groups -OCH3 is 1. The number of hydrogen-bond acceptors (Lipinski definition) is 3. The van der Waals surface area contributed by atoms with Crippen molar-refractivity contribution in [2.45, 2.75) is 31.7 Å². The molecule has 3 heteroatoms. The minimum Gasteiger partial charge on any atom is -0.385 e. The second-order valence-electron chi connectivity index (χ2n) is 5.82. The Labute approximate surface area is 116 Å². The fraction of sp³-hybridized carbons (Fsp3) is 0.625. The third-order valence-corrected chi connectivity index (χ3v) is 4.04. The van der Waals surface area contributed by atoms with Crippen molar-refractivity contribution >= 4 is 0 Å². The van der Waals surface area contributed by atoms with E-state index in [4.69, 9.17) is 10.5 Å². The molecule has 0 saturated heterocycles. The molecule has 0 bridgehead atoms. The van der Waals surface area contributed by atoms with Crippen LogP contribution in [0, 0.1) is 5.41 Å². The van der Waals surface area contributed by atoms with Crippen LogP contribution in [-0.4, -0.2) is 32.8 Å². The van der Waals surface area contributed by atoms with E-state index < -0.39 is 0 Å². The molecule has 1 saturated carbocycles. The van der Waals surface area contributed by atoms with Gasteiger partial charge in [0, 0.05) is 32.8 Å². The number of nitrogens with two attached hydrogens (primary N) is 1. The summed E-state index contributed by atoms with van der Waals surface area (Å²) in [6, 6.07) is 10.7. The predicted octanol–water partition coefficient (Wildman–Crippen LogP) is 1.96. The lowest BCUT2D eigenvalue weighted by Gasteiger charge is -2.18. The van der Waals surface area contributed by atoms with Crippen LogP contribution in [0.1, 0.15) is 24.8 Å². The van der Waals surface area contributed by atoms with Crippen LogP contribution in [0.5, 0.6) is 0 Å². The standard InChI is InChI=1S/C16H26N2O/c1-19-10-9-16(7-8-16)13-18-12-15(17)11-14-5-3-2-4-6-14/h2-6,15,18H,7-13,17H2,1H3. The zero-order chi connectivity index (χ0) is 13.6. The van der Waals surface area contributed by atoms with Gasteiger partial charge in [-0.15, -0.1) is 0 Å². The lowest BCUT2D eigenvalue weighted by Crippen LogP contribution is -2.38. The second-order valence-corrected chi connectivity index (χ2v) is 5.82. The van der Waals surface area contributed by atoms with Gasteiger partial charge in [-0.1, -0.05) is 30.3 Å². The van der Waals surface area contributed by atoms with Gasteiger partial charge >= 0.3 is 0 Å². The summed E-state index contributed by atoms with van der Waals surface area (Å²) in [6.45, 7) is 2.85. The van der Waals surface area contributed by atoms with Gasteiger partial charge in [0.05, 0.1) is 0 Å². The van der Waals surface area contributed by atoms with Gasteiger partial charge in [0.2, 0.25) is 0 Å². The summed E-state index contributed by atoms with van der Waals surface area (Å²) in [5, 5.41) is 3.54. The van der Waals surface area contributed by atoms with E-state index in [1.807, 2.05) is 6.07 Å². The van der Waals surface area contributed by atoms with E-state index in [1.54, 1.807) is 7.11 Å². The van der Waals surface area contributed by atoms with Crippen molar-refractivity contribution < 1.29 is 4.74 Å². The number of nitrogens with one attached hydrogen (secondary N) is 1. The average molecular weight is 262 g/mol. The van der Waals surface area contributed by atoms with Crippen LogP contribution < -0.4 is 11.1 Å². The predicted molar refractivity (Wildman–Crippen MR) is 79.2 cm³/mol. The Morgan fingerprint density at radius 3 is 2.68 bits per heavy atom. The molecule has 0 radical (unpaired) electrons. The van der Waals surface area contributed by atoms with E-state index in [0.717, 1.165) is 26.1 Å². The van der Waals surface area contributed by atoms with E-state index in [-0.39, 0.29) is 6.04 Å². The van der Waals surface area contributed by atoms with E-state index in [9.17, 15) is 0 Å². The van der Waals surface area contributed by atoms with Gasteiger partial charge < -0.3 is 15.8 Å². The Kier molecular flexibility index (Phi) is 5.37. The fourth-order valence-corrected chi connectivity index (χ4v) is 2.52. The van der Waals surface area contributed by atoms with Crippen LogP contribution in [0.25, 0.3) is 0 Å². The summed E-state index contributed by atoms with van der Waals surface area (Å²) in [7, 11) is 1.78. The minimum absolute atomic E-state index is 0.195. The molecule has 0 spiro atoms. The van der Waals surface area contributed by atoms with Crippen molar-refractivity contribution in [3.63, 3.8) is 0 Å². The monoisotopic (exact) mass is 262 g/mol. The quantitative estimate of drug-likeness (QED) is 0.715. The summed E-state index contributed by atoms with van der Waals surface area (Å²) in [4.78, 5) is 0. The maximum Gasteiger partial charge on any atom is 0.0468 e. The van der Waals surface area contributed by atoms with Gasteiger partial charge in [-0.2, -0.15) is 0 Å². The minimum atomic E-state index is 0.195. The smallest absolute Gasteiger partial charge is 0.0468 e. The van der Waals surface area contributed by atoms with Gasteiger partial charge in [-0.05, 0) is 36.7 Å². The highest BCUT2D eigenvalue weighted by molar-refractivity contribution is 5.15. The van der Waals surface area contributed by atoms with E-state index in [1.165, 1.54) is 24.8 Å². The number of benzene rings is 1. The van der Waals surface area contributed by atoms with Crippen molar-refractivity contribution in [1.82, 2.24) is 5.32 Å². The summed E-state index contributed by atoms with van der Waals surface area (Å²) < 4.78 is 5.17. The summed E-state index contributed by atoms with van der Waals surface area (Å²) in [5.74, 6) is 0. The molecule has 3 nitrogen and oxygen atoms in total. The molecule has 19 heavy (non-hydrogen) atoms. The molecule has 1 aromatic carbocycles.